The SMILES string of the molecule is COC(C)(C(=O)NCCN)c1cccc2ccccc12. The molecule has 3 N–H and O–H groups in total. The van der Waals surface area contributed by atoms with Crippen LogP contribution >= 0.6 is 0 Å². The number of methoxy groups -OCH3 is 1. The summed E-state index contributed by atoms with van der Waals surface area (Å²) >= 11 is 0. The van der Waals surface area contributed by atoms with Gasteiger partial charge < -0.3 is 15.8 Å². The van der Waals surface area contributed by atoms with Crippen LogP contribution in [0.2, 0.25) is 0 Å². The summed E-state index contributed by atoms with van der Waals surface area (Å²) in [5, 5.41) is 4.90. The van der Waals surface area contributed by atoms with Crippen LogP contribution in [0.3, 0.4) is 0 Å². The average Bonchev–Trinajstić information content (AvgIpc) is 2.51. The van der Waals surface area contributed by atoms with Gasteiger partial charge in [0.25, 0.3) is 5.91 Å². The molecule has 106 valence electrons. The van der Waals surface area contributed by atoms with Crippen LogP contribution in [0.25, 0.3) is 10.8 Å². The number of hydrogen-bond donors (Lipinski definition) is 2. The molecule has 1 amide bonds. The molecule has 2 aromatic rings. The molecular formula is C16H20N2O2. The highest BCUT2D eigenvalue weighted by atomic mass is 16.5. The quantitative estimate of drug-likeness (QED) is 0.872. The Morgan fingerprint density at radius 3 is 2.65 bits per heavy atom. The van der Waals surface area contributed by atoms with Gasteiger partial charge >= 0.3 is 0 Å². The number of carbonyl (C=O) groups excluding carboxylic acids is 1. The second-order valence-corrected chi connectivity index (χ2v) is 4.81. The lowest BCUT2D eigenvalue weighted by Gasteiger charge is -2.28. The smallest absolute Gasteiger partial charge is 0.256 e. The van der Waals surface area contributed by atoms with Crippen molar-refractivity contribution in [3.05, 3.63) is 48.0 Å². The van der Waals surface area contributed by atoms with E-state index in [4.69, 9.17) is 10.5 Å². The largest absolute Gasteiger partial charge is 0.364 e. The summed E-state index contributed by atoms with van der Waals surface area (Å²) < 4.78 is 5.54. The third-order valence-corrected chi connectivity index (χ3v) is 3.58. The lowest BCUT2D eigenvalue weighted by Crippen LogP contribution is -2.45. The van der Waals surface area contributed by atoms with Gasteiger partial charge in [-0.3, -0.25) is 4.79 Å². The van der Waals surface area contributed by atoms with Crippen molar-refractivity contribution in [1.29, 1.82) is 0 Å². The molecule has 0 fully saturated rings. The monoisotopic (exact) mass is 272 g/mol. The molecule has 0 saturated carbocycles. The first kappa shape index (κ1) is 14.5. The maximum atomic E-state index is 12.4. The highest BCUT2D eigenvalue weighted by molar-refractivity contribution is 5.94. The first-order valence-electron chi connectivity index (χ1n) is 6.65. The van der Waals surface area contributed by atoms with Gasteiger partial charge in [0.1, 0.15) is 0 Å². The number of amides is 1. The Hall–Kier alpha value is -1.91. The Balaban J connectivity index is 2.51. The predicted octanol–water partition coefficient (Wildman–Crippen LogP) is 1.78. The summed E-state index contributed by atoms with van der Waals surface area (Å²) in [5.74, 6) is -0.179. The number of fused-ring (bicyclic) bond motifs is 1. The third-order valence-electron chi connectivity index (χ3n) is 3.58. The van der Waals surface area contributed by atoms with Gasteiger partial charge in [-0.1, -0.05) is 42.5 Å². The molecule has 4 nitrogen and oxygen atoms in total. The van der Waals surface area contributed by atoms with Crippen molar-refractivity contribution in [2.24, 2.45) is 5.73 Å². The van der Waals surface area contributed by atoms with Crippen LogP contribution in [0.15, 0.2) is 42.5 Å². The van der Waals surface area contributed by atoms with Gasteiger partial charge in [-0.15, -0.1) is 0 Å². The summed E-state index contributed by atoms with van der Waals surface area (Å²) in [6.45, 7) is 2.62. The minimum Gasteiger partial charge on any atom is -0.364 e. The summed E-state index contributed by atoms with van der Waals surface area (Å²) in [6, 6.07) is 13.8. The molecule has 0 aromatic heterocycles. The minimum absolute atomic E-state index is 0.179. The number of ether oxygens (including phenoxy) is 1. The highest BCUT2D eigenvalue weighted by Crippen LogP contribution is 2.31. The lowest BCUT2D eigenvalue weighted by molar-refractivity contribution is -0.142. The van der Waals surface area contributed by atoms with Crippen LogP contribution in [0.5, 0.6) is 0 Å². The molecule has 0 bridgehead atoms. The van der Waals surface area contributed by atoms with Crippen LogP contribution in [-0.2, 0) is 15.1 Å². The van der Waals surface area contributed by atoms with Gasteiger partial charge in [0, 0.05) is 25.8 Å². The third kappa shape index (κ3) is 2.53. The number of rotatable bonds is 5. The predicted molar refractivity (Wildman–Crippen MR) is 80.4 cm³/mol. The van der Waals surface area contributed by atoms with E-state index in [-0.39, 0.29) is 5.91 Å². The molecule has 4 heteroatoms. The number of nitrogens with one attached hydrogen (secondary N) is 1. The fraction of sp³-hybridized carbons (Fsp3) is 0.312. The van der Waals surface area contributed by atoms with Gasteiger partial charge in [-0.05, 0) is 17.7 Å². The number of carbonyl (C=O) groups is 1. The van der Waals surface area contributed by atoms with Crippen molar-refractivity contribution in [3.63, 3.8) is 0 Å². The van der Waals surface area contributed by atoms with E-state index in [0.717, 1.165) is 16.3 Å². The fourth-order valence-electron chi connectivity index (χ4n) is 2.32. The van der Waals surface area contributed by atoms with Gasteiger partial charge in [0.05, 0.1) is 0 Å². The molecule has 20 heavy (non-hydrogen) atoms. The molecule has 0 aliphatic rings. The zero-order chi connectivity index (χ0) is 14.6. The maximum absolute atomic E-state index is 12.4. The zero-order valence-electron chi connectivity index (χ0n) is 11.8. The molecule has 0 heterocycles. The summed E-state index contributed by atoms with van der Waals surface area (Å²) in [4.78, 5) is 12.4. The van der Waals surface area contributed by atoms with Gasteiger partial charge in [0.2, 0.25) is 0 Å². The molecule has 0 saturated heterocycles. The Kier molecular flexibility index (Phi) is 4.37. The number of hydrogen-bond acceptors (Lipinski definition) is 3. The van der Waals surface area contributed by atoms with Gasteiger partial charge in [-0.25, -0.2) is 0 Å². The van der Waals surface area contributed by atoms with Crippen LogP contribution in [0, 0.1) is 0 Å². The average molecular weight is 272 g/mol. The first-order valence-corrected chi connectivity index (χ1v) is 6.65. The van der Waals surface area contributed by atoms with E-state index in [1.54, 1.807) is 14.0 Å². The Morgan fingerprint density at radius 2 is 1.95 bits per heavy atom. The highest BCUT2D eigenvalue weighted by Gasteiger charge is 2.36. The number of nitrogens with two attached hydrogens (primary N) is 1. The molecule has 1 atom stereocenters. The van der Waals surface area contributed by atoms with E-state index in [2.05, 4.69) is 5.32 Å². The summed E-state index contributed by atoms with van der Waals surface area (Å²) in [7, 11) is 1.55. The number of benzene rings is 2. The van der Waals surface area contributed by atoms with Crippen molar-refractivity contribution in [1.82, 2.24) is 5.32 Å². The van der Waals surface area contributed by atoms with Crippen molar-refractivity contribution >= 4 is 16.7 Å². The fourth-order valence-corrected chi connectivity index (χ4v) is 2.32. The van der Waals surface area contributed by atoms with Crippen LogP contribution in [-0.4, -0.2) is 26.1 Å². The molecule has 0 aliphatic heterocycles. The van der Waals surface area contributed by atoms with E-state index in [9.17, 15) is 4.79 Å². The maximum Gasteiger partial charge on any atom is 0.256 e. The Labute approximate surface area is 118 Å². The van der Waals surface area contributed by atoms with E-state index < -0.39 is 5.60 Å². The van der Waals surface area contributed by atoms with Crippen molar-refractivity contribution in [2.45, 2.75) is 12.5 Å². The second-order valence-electron chi connectivity index (χ2n) is 4.81. The molecule has 0 radical (unpaired) electrons. The Bertz CT molecular complexity index is 607. The lowest BCUT2D eigenvalue weighted by atomic mass is 9.90. The van der Waals surface area contributed by atoms with Gasteiger partial charge in [0.15, 0.2) is 5.60 Å². The first-order chi connectivity index (χ1) is 9.63. The summed E-state index contributed by atoms with van der Waals surface area (Å²) in [5.41, 5.74) is 5.26. The molecule has 2 rings (SSSR count). The van der Waals surface area contributed by atoms with Crippen molar-refractivity contribution in [2.75, 3.05) is 20.2 Å². The van der Waals surface area contributed by atoms with Crippen LogP contribution in [0.4, 0.5) is 0 Å². The van der Waals surface area contributed by atoms with Crippen LogP contribution < -0.4 is 11.1 Å². The zero-order valence-corrected chi connectivity index (χ0v) is 11.8. The van der Waals surface area contributed by atoms with Gasteiger partial charge in [-0.2, -0.15) is 0 Å². The van der Waals surface area contributed by atoms with E-state index >= 15 is 0 Å². The topological polar surface area (TPSA) is 64.3 Å². The molecule has 1 unspecified atom stereocenters. The van der Waals surface area contributed by atoms with Crippen molar-refractivity contribution < 1.29 is 9.53 Å². The van der Waals surface area contributed by atoms with E-state index in [1.807, 2.05) is 42.5 Å². The minimum atomic E-state index is -1.03. The second kappa shape index (κ2) is 6.03. The molecule has 0 spiro atoms. The molecular weight excluding hydrogens is 252 g/mol. The Morgan fingerprint density at radius 1 is 1.25 bits per heavy atom. The van der Waals surface area contributed by atoms with E-state index in [0.29, 0.717) is 13.1 Å². The van der Waals surface area contributed by atoms with Crippen LogP contribution in [0.1, 0.15) is 12.5 Å². The normalized spacial score (nSPS) is 13.9. The molecule has 2 aromatic carbocycles. The van der Waals surface area contributed by atoms with Crippen molar-refractivity contribution in [3.8, 4) is 0 Å². The molecule has 0 aliphatic carbocycles. The standard InChI is InChI=1S/C16H20N2O2/c1-16(20-2,15(19)18-11-10-17)14-9-5-7-12-6-3-4-8-13(12)14/h3-9H,10-11,17H2,1-2H3,(H,18,19). The van der Waals surface area contributed by atoms with E-state index in [1.165, 1.54) is 0 Å². The summed E-state index contributed by atoms with van der Waals surface area (Å²) in [6.07, 6.45) is 0.